The molecule has 2 heterocycles. The highest BCUT2D eigenvalue weighted by molar-refractivity contribution is 6.30. The van der Waals surface area contributed by atoms with Crippen LogP contribution in [0.3, 0.4) is 0 Å². The van der Waals surface area contributed by atoms with Crippen molar-refractivity contribution >= 4 is 29.1 Å². The summed E-state index contributed by atoms with van der Waals surface area (Å²) in [5.41, 5.74) is 7.87. The molecule has 2 bridgehead atoms. The molecule has 0 aromatic heterocycles. The predicted molar refractivity (Wildman–Crippen MR) is 118 cm³/mol. The summed E-state index contributed by atoms with van der Waals surface area (Å²) in [5, 5.41) is 6.52. The molecule has 4 rings (SSSR count). The molecule has 2 fully saturated rings. The van der Waals surface area contributed by atoms with E-state index in [1.165, 1.54) is 5.56 Å². The normalized spacial score (nSPS) is 23.2. The molecule has 2 aliphatic heterocycles. The third-order valence-corrected chi connectivity index (χ3v) is 6.39. The first kappa shape index (κ1) is 20.7. The van der Waals surface area contributed by atoms with E-state index < -0.39 is 0 Å². The number of nitrogens with one attached hydrogen (secondary N) is 2. The fourth-order valence-corrected chi connectivity index (χ4v) is 4.82. The summed E-state index contributed by atoms with van der Waals surface area (Å²) >= 11 is 5.99. The minimum atomic E-state index is -0.332. The van der Waals surface area contributed by atoms with E-state index in [9.17, 15) is 9.59 Å². The number of carbonyl (C=O) groups is 2. The molecule has 2 aromatic rings. The molecule has 2 saturated heterocycles. The van der Waals surface area contributed by atoms with Gasteiger partial charge >= 0.3 is 0 Å². The molecule has 2 aliphatic rings. The summed E-state index contributed by atoms with van der Waals surface area (Å²) in [4.78, 5) is 27.2. The molecular formula is C23H27ClN4O2. The molecule has 2 amide bonds. The van der Waals surface area contributed by atoms with Crippen molar-refractivity contribution < 1.29 is 9.59 Å². The van der Waals surface area contributed by atoms with Crippen LogP contribution in [0.1, 0.15) is 41.6 Å². The van der Waals surface area contributed by atoms with Gasteiger partial charge in [-0.15, -0.1) is 0 Å². The van der Waals surface area contributed by atoms with E-state index in [4.69, 9.17) is 17.3 Å². The fourth-order valence-electron chi connectivity index (χ4n) is 4.69. The van der Waals surface area contributed by atoms with E-state index in [0.29, 0.717) is 23.3 Å². The number of rotatable bonds is 6. The Morgan fingerprint density at radius 3 is 2.37 bits per heavy atom. The quantitative estimate of drug-likeness (QED) is 0.620. The highest BCUT2D eigenvalue weighted by Gasteiger charge is 2.40. The Labute approximate surface area is 181 Å². The smallest absolute Gasteiger partial charge is 0.253 e. The van der Waals surface area contributed by atoms with Gasteiger partial charge in [0.05, 0.1) is 12.1 Å². The van der Waals surface area contributed by atoms with Crippen LogP contribution in [0.4, 0.5) is 5.69 Å². The van der Waals surface area contributed by atoms with Crippen molar-refractivity contribution in [1.29, 1.82) is 0 Å². The molecule has 7 heteroatoms. The number of piperidine rings is 1. The molecule has 6 nitrogen and oxygen atoms in total. The summed E-state index contributed by atoms with van der Waals surface area (Å²) in [5.74, 6) is -0.491. The molecular weight excluding hydrogens is 400 g/mol. The molecule has 4 N–H and O–H groups in total. The number of fused-ring (bicyclic) bond motifs is 2. The van der Waals surface area contributed by atoms with Gasteiger partial charge < -0.3 is 16.4 Å². The Balaban J connectivity index is 1.26. The highest BCUT2D eigenvalue weighted by atomic mass is 35.5. The van der Waals surface area contributed by atoms with Gasteiger partial charge in [-0.2, -0.15) is 0 Å². The Morgan fingerprint density at radius 2 is 1.70 bits per heavy atom. The summed E-state index contributed by atoms with van der Waals surface area (Å²) in [7, 11) is 0. The van der Waals surface area contributed by atoms with E-state index >= 15 is 0 Å². The molecule has 0 spiro atoms. The van der Waals surface area contributed by atoms with Crippen molar-refractivity contribution in [2.75, 3.05) is 12.3 Å². The van der Waals surface area contributed by atoms with Crippen LogP contribution in [0.25, 0.3) is 0 Å². The summed E-state index contributed by atoms with van der Waals surface area (Å²) in [6.45, 7) is 0.870. The summed E-state index contributed by atoms with van der Waals surface area (Å²) < 4.78 is 0. The number of hydrogen-bond acceptors (Lipinski definition) is 4. The number of nitrogens with two attached hydrogens (primary N) is 1. The van der Waals surface area contributed by atoms with Crippen LogP contribution in [-0.4, -0.2) is 41.4 Å². The zero-order valence-electron chi connectivity index (χ0n) is 16.8. The minimum Gasteiger partial charge on any atom is -0.398 e. The van der Waals surface area contributed by atoms with Crippen molar-refractivity contribution in [1.82, 2.24) is 15.5 Å². The van der Waals surface area contributed by atoms with Gasteiger partial charge in [0.1, 0.15) is 0 Å². The number of para-hydroxylation sites is 1. The first-order valence-electron chi connectivity index (χ1n) is 10.4. The lowest BCUT2D eigenvalue weighted by Gasteiger charge is -2.39. The largest absolute Gasteiger partial charge is 0.398 e. The Hall–Kier alpha value is -2.57. The first-order chi connectivity index (χ1) is 14.5. The predicted octanol–water partition coefficient (Wildman–Crippen LogP) is 2.96. The number of nitrogen functional groups attached to an aromatic ring is 1. The highest BCUT2D eigenvalue weighted by Crippen LogP contribution is 2.36. The van der Waals surface area contributed by atoms with Crippen LogP contribution in [0.2, 0.25) is 5.02 Å². The Bertz CT molecular complexity index is 904. The molecule has 0 radical (unpaired) electrons. The maximum Gasteiger partial charge on any atom is 0.253 e. The lowest BCUT2D eigenvalue weighted by Crippen LogP contribution is -2.51. The summed E-state index contributed by atoms with van der Waals surface area (Å²) in [6, 6.07) is 16.0. The van der Waals surface area contributed by atoms with Gasteiger partial charge in [0.25, 0.3) is 5.91 Å². The third-order valence-electron chi connectivity index (χ3n) is 6.14. The van der Waals surface area contributed by atoms with Crippen LogP contribution in [0.15, 0.2) is 48.5 Å². The molecule has 0 unspecified atom stereocenters. The number of amides is 2. The van der Waals surface area contributed by atoms with Crippen molar-refractivity contribution in [3.8, 4) is 0 Å². The van der Waals surface area contributed by atoms with E-state index in [1.807, 2.05) is 12.1 Å². The molecule has 2 atom stereocenters. The molecule has 30 heavy (non-hydrogen) atoms. The van der Waals surface area contributed by atoms with Crippen LogP contribution >= 0.6 is 11.6 Å². The van der Waals surface area contributed by atoms with E-state index in [1.54, 1.807) is 24.3 Å². The monoisotopic (exact) mass is 426 g/mol. The Morgan fingerprint density at radius 1 is 1.03 bits per heavy atom. The van der Waals surface area contributed by atoms with Crippen LogP contribution in [0, 0.1) is 0 Å². The average molecular weight is 427 g/mol. The van der Waals surface area contributed by atoms with Crippen LogP contribution in [0.5, 0.6) is 0 Å². The molecule has 0 saturated carbocycles. The maximum atomic E-state index is 12.4. The van der Waals surface area contributed by atoms with Gasteiger partial charge in [0, 0.05) is 35.4 Å². The van der Waals surface area contributed by atoms with Gasteiger partial charge in [-0.05, 0) is 55.5 Å². The SMILES string of the molecule is Nc1ccccc1C(=O)NCC(=O)NC1C[C@H]2CC[C@H](C1)N2Cc1ccc(Cl)cc1. The number of nitrogens with zero attached hydrogens (tertiary/aromatic N) is 1. The van der Waals surface area contributed by atoms with Crippen molar-refractivity contribution in [3.05, 3.63) is 64.7 Å². The number of anilines is 1. The first-order valence-corrected chi connectivity index (χ1v) is 10.8. The van der Waals surface area contributed by atoms with Gasteiger partial charge in [0.2, 0.25) is 5.91 Å². The number of benzene rings is 2. The fraction of sp³-hybridized carbons (Fsp3) is 0.391. The van der Waals surface area contributed by atoms with Crippen molar-refractivity contribution in [2.24, 2.45) is 0 Å². The lowest BCUT2D eigenvalue weighted by atomic mass is 9.96. The van der Waals surface area contributed by atoms with E-state index in [-0.39, 0.29) is 24.4 Å². The maximum absolute atomic E-state index is 12.4. The zero-order valence-corrected chi connectivity index (χ0v) is 17.6. The lowest BCUT2D eigenvalue weighted by molar-refractivity contribution is -0.121. The summed E-state index contributed by atoms with van der Waals surface area (Å²) in [6.07, 6.45) is 4.20. The second kappa shape index (κ2) is 9.06. The van der Waals surface area contributed by atoms with E-state index in [2.05, 4.69) is 27.7 Å². The topological polar surface area (TPSA) is 87.5 Å². The number of carbonyl (C=O) groups excluding carboxylic acids is 2. The van der Waals surface area contributed by atoms with Gasteiger partial charge in [0.15, 0.2) is 0 Å². The second-order valence-corrected chi connectivity index (χ2v) is 8.63. The van der Waals surface area contributed by atoms with Gasteiger partial charge in [-0.3, -0.25) is 14.5 Å². The van der Waals surface area contributed by atoms with Crippen molar-refractivity contribution in [3.63, 3.8) is 0 Å². The number of hydrogen-bond donors (Lipinski definition) is 3. The van der Waals surface area contributed by atoms with Gasteiger partial charge in [-0.25, -0.2) is 0 Å². The standard InChI is InChI=1S/C23H27ClN4O2/c24-16-7-5-15(6-8-16)14-28-18-9-10-19(28)12-17(11-18)27-22(29)13-26-23(30)20-3-1-2-4-21(20)25/h1-8,17-19H,9-14,25H2,(H,26,30)(H,27,29)/t18-,19-/m1/s1. The zero-order chi connectivity index (χ0) is 21.1. The number of halogens is 1. The average Bonchev–Trinajstić information content (AvgIpc) is 2.96. The van der Waals surface area contributed by atoms with Crippen LogP contribution in [-0.2, 0) is 11.3 Å². The van der Waals surface area contributed by atoms with Crippen LogP contribution < -0.4 is 16.4 Å². The molecule has 158 valence electrons. The van der Waals surface area contributed by atoms with E-state index in [0.717, 1.165) is 37.3 Å². The third kappa shape index (κ3) is 4.77. The minimum absolute atomic E-state index is 0.0481. The van der Waals surface area contributed by atoms with Gasteiger partial charge in [-0.1, -0.05) is 35.9 Å². The Kier molecular flexibility index (Phi) is 6.25. The molecule has 0 aliphatic carbocycles. The molecule has 2 aromatic carbocycles. The second-order valence-electron chi connectivity index (χ2n) is 8.19. The van der Waals surface area contributed by atoms with Crippen molar-refractivity contribution in [2.45, 2.75) is 50.4 Å².